The molecule has 2 aliphatic carbocycles. The van der Waals surface area contributed by atoms with E-state index in [4.69, 9.17) is 0 Å². The van der Waals surface area contributed by atoms with Gasteiger partial charge in [-0.1, -0.05) is 0 Å². The van der Waals surface area contributed by atoms with Crippen LogP contribution in [-0.4, -0.2) is 29.9 Å². The van der Waals surface area contributed by atoms with Crippen LogP contribution in [-0.2, 0) is 25.5 Å². The van der Waals surface area contributed by atoms with Gasteiger partial charge < -0.3 is 20.0 Å². The third-order valence-electron chi connectivity index (χ3n) is 4.82. The summed E-state index contributed by atoms with van der Waals surface area (Å²) in [4.78, 5) is 39.8. The minimum atomic E-state index is -1.14. The van der Waals surface area contributed by atoms with Crippen molar-refractivity contribution in [3.05, 3.63) is 11.1 Å². The normalized spacial score (nSPS) is 28.6. The summed E-state index contributed by atoms with van der Waals surface area (Å²) >= 11 is 1.19. The van der Waals surface area contributed by atoms with E-state index in [0.29, 0.717) is 10.0 Å². The number of carbonyl (C=O) groups excluding carboxylic acids is 3. The van der Waals surface area contributed by atoms with E-state index >= 15 is 0 Å². The van der Waals surface area contributed by atoms with Gasteiger partial charge in [-0.3, -0.25) is 9.59 Å². The molecule has 1 aromatic rings. The average molecular weight is 337 g/mol. The molecule has 23 heavy (non-hydrogen) atoms. The Morgan fingerprint density at radius 2 is 2.04 bits per heavy atom. The van der Waals surface area contributed by atoms with Gasteiger partial charge in [-0.15, -0.1) is 11.3 Å². The summed E-state index contributed by atoms with van der Waals surface area (Å²) in [5, 5.41) is 14.4. The third kappa shape index (κ3) is 3.08. The largest absolute Gasteiger partial charge is 0.550 e. The summed E-state index contributed by atoms with van der Waals surface area (Å²) in [6.07, 6.45) is 4.13. The number of aliphatic carboxylic acids is 1. The third-order valence-corrected chi connectivity index (χ3v) is 5.73. The average Bonchev–Trinajstić information content (AvgIpc) is 3.22. The van der Waals surface area contributed by atoms with E-state index in [9.17, 15) is 19.5 Å². The first kappa shape index (κ1) is 15.9. The molecular weight excluding hydrogens is 320 g/mol. The summed E-state index contributed by atoms with van der Waals surface area (Å²) in [7, 11) is 1.31. The van der Waals surface area contributed by atoms with Crippen molar-refractivity contribution in [3.63, 3.8) is 0 Å². The van der Waals surface area contributed by atoms with Gasteiger partial charge in [-0.05, 0) is 31.1 Å². The van der Waals surface area contributed by atoms with Crippen LogP contribution in [0.1, 0.15) is 24.1 Å². The minimum Gasteiger partial charge on any atom is -0.550 e. The fraction of sp³-hybridized carbons (Fsp3) is 0.600. The number of amides is 1. The van der Waals surface area contributed by atoms with Gasteiger partial charge in [0.15, 0.2) is 5.13 Å². The number of hydrogen-bond donors (Lipinski definition) is 1. The Kier molecular flexibility index (Phi) is 4.34. The molecule has 124 valence electrons. The maximum Gasteiger partial charge on any atom is 0.310 e. The van der Waals surface area contributed by atoms with E-state index in [1.807, 2.05) is 0 Å². The van der Waals surface area contributed by atoms with Crippen LogP contribution in [0.2, 0.25) is 0 Å². The first-order valence-electron chi connectivity index (χ1n) is 7.53. The lowest BCUT2D eigenvalue weighted by atomic mass is 9.79. The molecule has 0 aromatic carbocycles. The number of thiazole rings is 1. The zero-order valence-electron chi connectivity index (χ0n) is 12.6. The maximum absolute atomic E-state index is 12.5. The molecule has 2 saturated carbocycles. The fourth-order valence-corrected chi connectivity index (χ4v) is 4.66. The number of carboxylic acid groups (broad SMARTS) is 1. The van der Waals surface area contributed by atoms with Gasteiger partial charge >= 0.3 is 5.97 Å². The number of carboxylic acids is 1. The zero-order chi connectivity index (χ0) is 16.6. The minimum absolute atomic E-state index is 0.0481. The second-order valence-electron chi connectivity index (χ2n) is 6.08. The maximum atomic E-state index is 12.5. The smallest absolute Gasteiger partial charge is 0.310 e. The highest BCUT2D eigenvalue weighted by molar-refractivity contribution is 7.15. The van der Waals surface area contributed by atoms with Gasteiger partial charge in [-0.2, -0.15) is 0 Å². The summed E-state index contributed by atoms with van der Waals surface area (Å²) in [5.41, 5.74) is 0. The Morgan fingerprint density at radius 1 is 1.35 bits per heavy atom. The molecule has 1 amide bonds. The van der Waals surface area contributed by atoms with Crippen LogP contribution in [0.5, 0.6) is 0 Å². The number of nitrogens with one attached hydrogen (secondary N) is 1. The van der Waals surface area contributed by atoms with Crippen molar-refractivity contribution in [2.75, 3.05) is 12.4 Å². The topological polar surface area (TPSA) is 108 Å². The van der Waals surface area contributed by atoms with Crippen LogP contribution >= 0.6 is 11.3 Å². The Labute approximate surface area is 137 Å². The van der Waals surface area contributed by atoms with Crippen LogP contribution in [0, 0.1) is 23.7 Å². The summed E-state index contributed by atoms with van der Waals surface area (Å²) < 4.78 is 4.58. The number of esters is 1. The Morgan fingerprint density at radius 3 is 2.70 bits per heavy atom. The molecule has 2 fully saturated rings. The van der Waals surface area contributed by atoms with Crippen LogP contribution in [0.25, 0.3) is 0 Å². The highest BCUT2D eigenvalue weighted by Gasteiger charge is 2.51. The number of nitrogens with zero attached hydrogens (tertiary/aromatic N) is 1. The lowest BCUT2D eigenvalue weighted by Crippen LogP contribution is -2.43. The fourth-order valence-electron chi connectivity index (χ4n) is 3.86. The quantitative estimate of drug-likeness (QED) is 0.769. The van der Waals surface area contributed by atoms with Crippen molar-refractivity contribution in [1.82, 2.24) is 4.98 Å². The molecule has 0 unspecified atom stereocenters. The number of fused-ring (bicyclic) bond motifs is 2. The standard InChI is InChI=1S/C15H18N2O5S/c1-22-10(18)5-9-6-16-15(23-9)17-13(19)11-7-2-3-8(4-7)12(11)14(20)21/h6-8,11-12H,2-5H2,1H3,(H,20,21)(H,16,17,19)/p-1/t7-,8-,11-,12-/m0/s1. The Bertz CT molecular complexity index is 644. The second kappa shape index (κ2) is 6.27. The van der Waals surface area contributed by atoms with Gasteiger partial charge in [0, 0.05) is 28.9 Å². The monoisotopic (exact) mass is 337 g/mol. The number of anilines is 1. The molecule has 2 bridgehead atoms. The van der Waals surface area contributed by atoms with Crippen LogP contribution < -0.4 is 10.4 Å². The van der Waals surface area contributed by atoms with E-state index in [2.05, 4.69) is 15.0 Å². The van der Waals surface area contributed by atoms with Gasteiger partial charge in [0.1, 0.15) is 0 Å². The van der Waals surface area contributed by atoms with E-state index in [-0.39, 0.29) is 30.1 Å². The first-order chi connectivity index (χ1) is 11.0. The van der Waals surface area contributed by atoms with Crippen molar-refractivity contribution >= 4 is 34.3 Å². The molecule has 1 heterocycles. The molecule has 7 nitrogen and oxygen atoms in total. The number of aromatic nitrogens is 1. The van der Waals surface area contributed by atoms with Gasteiger partial charge in [0.25, 0.3) is 0 Å². The lowest BCUT2D eigenvalue weighted by Gasteiger charge is -2.30. The van der Waals surface area contributed by atoms with Crippen molar-refractivity contribution < 1.29 is 24.2 Å². The van der Waals surface area contributed by atoms with Crippen molar-refractivity contribution in [2.24, 2.45) is 23.7 Å². The number of rotatable bonds is 5. The molecule has 8 heteroatoms. The lowest BCUT2D eigenvalue weighted by molar-refractivity contribution is -0.314. The molecule has 1 N–H and O–H groups in total. The van der Waals surface area contributed by atoms with E-state index in [0.717, 1.165) is 19.3 Å². The Hall–Kier alpha value is -1.96. The highest BCUT2D eigenvalue weighted by atomic mass is 32.1. The van der Waals surface area contributed by atoms with Crippen LogP contribution in [0.15, 0.2) is 6.20 Å². The molecule has 0 saturated heterocycles. The van der Waals surface area contributed by atoms with Crippen molar-refractivity contribution in [3.8, 4) is 0 Å². The van der Waals surface area contributed by atoms with E-state index in [1.165, 1.54) is 24.6 Å². The zero-order valence-corrected chi connectivity index (χ0v) is 13.4. The summed E-state index contributed by atoms with van der Waals surface area (Å²) in [6, 6.07) is 0. The molecule has 1 aromatic heterocycles. The number of carbonyl (C=O) groups is 3. The van der Waals surface area contributed by atoms with E-state index in [1.54, 1.807) is 0 Å². The molecular formula is C15H17N2O5S-. The molecule has 0 radical (unpaired) electrons. The first-order valence-corrected chi connectivity index (χ1v) is 8.34. The second-order valence-corrected chi connectivity index (χ2v) is 7.19. The molecule has 4 atom stereocenters. The predicted molar refractivity (Wildman–Crippen MR) is 79.3 cm³/mol. The van der Waals surface area contributed by atoms with Crippen molar-refractivity contribution in [1.29, 1.82) is 0 Å². The molecule has 0 aliphatic heterocycles. The summed E-state index contributed by atoms with van der Waals surface area (Å²) in [6.45, 7) is 0. The number of hydrogen-bond acceptors (Lipinski definition) is 7. The van der Waals surface area contributed by atoms with Crippen LogP contribution in [0.4, 0.5) is 5.13 Å². The van der Waals surface area contributed by atoms with Gasteiger partial charge in [0.2, 0.25) is 5.91 Å². The number of methoxy groups -OCH3 is 1. The Balaban J connectivity index is 1.67. The predicted octanol–water partition coefficient (Wildman–Crippen LogP) is 0.209. The van der Waals surface area contributed by atoms with Gasteiger partial charge in [0.05, 0.1) is 13.5 Å². The summed E-state index contributed by atoms with van der Waals surface area (Å²) in [5.74, 6) is -2.93. The highest BCUT2D eigenvalue weighted by Crippen LogP contribution is 2.52. The van der Waals surface area contributed by atoms with Crippen LogP contribution in [0.3, 0.4) is 0 Å². The van der Waals surface area contributed by atoms with E-state index < -0.39 is 17.8 Å². The van der Waals surface area contributed by atoms with Gasteiger partial charge in [-0.25, -0.2) is 4.98 Å². The number of ether oxygens (including phenoxy) is 1. The van der Waals surface area contributed by atoms with Crippen molar-refractivity contribution in [2.45, 2.75) is 25.7 Å². The molecule has 3 rings (SSSR count). The SMILES string of the molecule is COC(=O)Cc1cnc(NC(=O)[C@H]2[C@H]3CC[C@@H](C3)[C@@H]2C(=O)[O-])s1. The molecule has 0 spiro atoms. The molecule has 2 aliphatic rings.